The first-order valence-electron chi connectivity index (χ1n) is 10.2. The molecule has 1 fully saturated rings. The van der Waals surface area contributed by atoms with Gasteiger partial charge in [-0.1, -0.05) is 64.0 Å². The predicted molar refractivity (Wildman–Crippen MR) is 127 cm³/mol. The molecule has 32 heavy (non-hydrogen) atoms. The number of thiazole rings is 1. The summed E-state index contributed by atoms with van der Waals surface area (Å²) in [7, 11) is 0. The molecule has 9 heteroatoms. The molecule has 0 radical (unpaired) electrons. The van der Waals surface area contributed by atoms with E-state index in [1.807, 2.05) is 30.3 Å². The third-order valence-electron chi connectivity index (χ3n) is 5.45. The Labute approximate surface area is 198 Å². The van der Waals surface area contributed by atoms with E-state index in [1.165, 1.54) is 11.3 Å². The number of aromatic nitrogens is 2. The predicted octanol–water partition coefficient (Wildman–Crippen LogP) is 6.39. The van der Waals surface area contributed by atoms with Crippen molar-refractivity contribution in [2.45, 2.75) is 25.9 Å². The van der Waals surface area contributed by atoms with Crippen molar-refractivity contribution in [2.24, 2.45) is 0 Å². The maximum atomic E-state index is 13.9. The summed E-state index contributed by atoms with van der Waals surface area (Å²) >= 11 is 14.2. The lowest BCUT2D eigenvalue weighted by atomic mass is 10.0. The number of ether oxygens (including phenoxy) is 1. The molecule has 2 aromatic carbocycles. The van der Waals surface area contributed by atoms with Crippen LogP contribution in [0.4, 0.5) is 5.13 Å². The first-order valence-corrected chi connectivity index (χ1v) is 11.8. The van der Waals surface area contributed by atoms with Crippen molar-refractivity contribution in [3.63, 3.8) is 0 Å². The molecular weight excluding hydrogens is 469 g/mol. The quantitative estimate of drug-likeness (QED) is 0.326. The summed E-state index contributed by atoms with van der Waals surface area (Å²) in [5.41, 5.74) is 2.09. The number of amides is 1. The number of nitrogens with zero attached hydrogens (tertiary/aromatic N) is 3. The summed E-state index contributed by atoms with van der Waals surface area (Å²) in [6.45, 7) is 2.79. The third kappa shape index (κ3) is 3.90. The van der Waals surface area contributed by atoms with Gasteiger partial charge < -0.3 is 9.26 Å². The van der Waals surface area contributed by atoms with E-state index in [4.69, 9.17) is 37.4 Å². The van der Waals surface area contributed by atoms with E-state index >= 15 is 0 Å². The maximum Gasteiger partial charge on any atom is 0.266 e. The zero-order valence-corrected chi connectivity index (χ0v) is 19.5. The summed E-state index contributed by atoms with van der Waals surface area (Å²) in [5.74, 6) is 0.158. The molecule has 0 spiro atoms. The lowest BCUT2D eigenvalue weighted by Crippen LogP contribution is -2.37. The van der Waals surface area contributed by atoms with Crippen LogP contribution in [-0.4, -0.2) is 35.3 Å². The van der Waals surface area contributed by atoms with Crippen LogP contribution in [0.1, 0.15) is 29.0 Å². The highest BCUT2D eigenvalue weighted by Gasteiger charge is 2.32. The van der Waals surface area contributed by atoms with Crippen molar-refractivity contribution in [3.8, 4) is 11.3 Å². The molecule has 0 saturated carbocycles. The van der Waals surface area contributed by atoms with Crippen LogP contribution in [0.25, 0.3) is 21.5 Å². The Hall–Kier alpha value is -2.45. The second-order valence-corrected chi connectivity index (χ2v) is 9.40. The second kappa shape index (κ2) is 8.83. The van der Waals surface area contributed by atoms with Gasteiger partial charge in [-0.3, -0.25) is 9.69 Å². The van der Waals surface area contributed by atoms with E-state index in [-0.39, 0.29) is 12.0 Å². The third-order valence-corrected chi connectivity index (χ3v) is 7.13. The number of fused-ring (bicyclic) bond motifs is 1. The molecule has 3 heterocycles. The van der Waals surface area contributed by atoms with Gasteiger partial charge in [-0.25, -0.2) is 4.98 Å². The molecule has 1 aliphatic rings. The summed E-state index contributed by atoms with van der Waals surface area (Å²) < 4.78 is 12.2. The van der Waals surface area contributed by atoms with Gasteiger partial charge in [0.2, 0.25) is 0 Å². The molecule has 1 saturated heterocycles. The van der Waals surface area contributed by atoms with E-state index < -0.39 is 0 Å². The Bertz CT molecular complexity index is 1300. The molecule has 1 atom stereocenters. The molecule has 0 unspecified atom stereocenters. The molecule has 0 N–H and O–H groups in total. The van der Waals surface area contributed by atoms with Crippen molar-refractivity contribution in [1.29, 1.82) is 0 Å². The number of benzene rings is 2. The number of para-hydroxylation sites is 1. The van der Waals surface area contributed by atoms with E-state index in [0.29, 0.717) is 56.4 Å². The monoisotopic (exact) mass is 487 g/mol. The standard InChI is InChI=1S/C23H19Cl2N3O3S/c1-13-19(20(27-31-13)15-7-2-3-8-16(15)24)22(29)28(12-14-6-5-11-30-14)23-26-21-17(25)9-4-10-18(21)32-23/h2-4,7-10,14H,5-6,11-12H2,1H3/t14-/m0/s1. The van der Waals surface area contributed by atoms with E-state index in [0.717, 1.165) is 17.5 Å². The topological polar surface area (TPSA) is 68.5 Å². The van der Waals surface area contributed by atoms with Crippen molar-refractivity contribution in [2.75, 3.05) is 18.1 Å². The number of hydrogen-bond acceptors (Lipinski definition) is 6. The largest absolute Gasteiger partial charge is 0.376 e. The molecule has 6 nitrogen and oxygen atoms in total. The minimum absolute atomic E-state index is 0.0645. The molecule has 1 amide bonds. The lowest BCUT2D eigenvalue weighted by molar-refractivity contribution is 0.0916. The number of carbonyl (C=O) groups excluding carboxylic acids is 1. The van der Waals surface area contributed by atoms with Gasteiger partial charge in [-0.15, -0.1) is 0 Å². The number of rotatable bonds is 5. The van der Waals surface area contributed by atoms with Gasteiger partial charge in [0.25, 0.3) is 5.91 Å². The minimum Gasteiger partial charge on any atom is -0.376 e. The normalized spacial score (nSPS) is 16.0. The van der Waals surface area contributed by atoms with Gasteiger partial charge in [0.1, 0.15) is 22.5 Å². The number of hydrogen-bond donors (Lipinski definition) is 0. The van der Waals surface area contributed by atoms with Crippen LogP contribution in [0.2, 0.25) is 10.0 Å². The fourth-order valence-electron chi connectivity index (χ4n) is 3.85. The van der Waals surface area contributed by atoms with Crippen LogP contribution < -0.4 is 4.90 Å². The average molecular weight is 488 g/mol. The number of halogens is 2. The highest BCUT2D eigenvalue weighted by molar-refractivity contribution is 7.22. The molecule has 0 aliphatic carbocycles. The Morgan fingerprint density at radius 2 is 2.00 bits per heavy atom. The molecule has 164 valence electrons. The first kappa shape index (κ1) is 21.4. The molecule has 2 aromatic heterocycles. The van der Waals surface area contributed by atoms with E-state index in [2.05, 4.69) is 5.16 Å². The highest BCUT2D eigenvalue weighted by Crippen LogP contribution is 2.36. The summed E-state index contributed by atoms with van der Waals surface area (Å²) in [5, 5.41) is 5.75. The highest BCUT2D eigenvalue weighted by atomic mass is 35.5. The van der Waals surface area contributed by atoms with Crippen molar-refractivity contribution in [3.05, 3.63) is 63.8 Å². The number of aryl methyl sites for hydroxylation is 1. The number of anilines is 1. The van der Waals surface area contributed by atoms with Gasteiger partial charge >= 0.3 is 0 Å². The molecule has 4 aromatic rings. The van der Waals surface area contributed by atoms with Crippen molar-refractivity contribution in [1.82, 2.24) is 10.1 Å². The van der Waals surface area contributed by atoms with Gasteiger partial charge in [0.05, 0.1) is 27.4 Å². The zero-order chi connectivity index (χ0) is 22.2. The molecular formula is C23H19Cl2N3O3S. The molecule has 5 rings (SSSR count). The van der Waals surface area contributed by atoms with Crippen LogP contribution in [0.5, 0.6) is 0 Å². The van der Waals surface area contributed by atoms with Crippen LogP contribution in [-0.2, 0) is 4.74 Å². The van der Waals surface area contributed by atoms with E-state index in [9.17, 15) is 4.79 Å². The molecule has 0 bridgehead atoms. The maximum absolute atomic E-state index is 13.9. The Morgan fingerprint density at radius 1 is 1.19 bits per heavy atom. The van der Waals surface area contributed by atoms with Crippen molar-refractivity contribution < 1.29 is 14.1 Å². The van der Waals surface area contributed by atoms with Crippen LogP contribution in [0.15, 0.2) is 47.0 Å². The van der Waals surface area contributed by atoms with Gasteiger partial charge in [-0.05, 0) is 38.0 Å². The lowest BCUT2D eigenvalue weighted by Gasteiger charge is -2.23. The number of carbonyl (C=O) groups is 1. The first-order chi connectivity index (χ1) is 15.5. The van der Waals surface area contributed by atoms with Gasteiger partial charge in [0, 0.05) is 12.2 Å². The van der Waals surface area contributed by atoms with E-state index in [1.54, 1.807) is 24.0 Å². The summed E-state index contributed by atoms with van der Waals surface area (Å²) in [6.07, 6.45) is 1.79. The fourth-order valence-corrected chi connectivity index (χ4v) is 5.35. The fraction of sp³-hybridized carbons (Fsp3) is 0.261. The van der Waals surface area contributed by atoms with Gasteiger partial charge in [-0.2, -0.15) is 0 Å². The zero-order valence-electron chi connectivity index (χ0n) is 17.2. The Morgan fingerprint density at radius 3 is 2.75 bits per heavy atom. The van der Waals surface area contributed by atoms with Gasteiger partial charge in [0.15, 0.2) is 5.13 Å². The van der Waals surface area contributed by atoms with Crippen LogP contribution in [0, 0.1) is 6.92 Å². The second-order valence-electron chi connectivity index (χ2n) is 7.58. The smallest absolute Gasteiger partial charge is 0.266 e. The van der Waals surface area contributed by atoms with Crippen LogP contribution >= 0.6 is 34.5 Å². The minimum atomic E-state index is -0.260. The van der Waals surface area contributed by atoms with Crippen LogP contribution in [0.3, 0.4) is 0 Å². The Kier molecular flexibility index (Phi) is 5.90. The van der Waals surface area contributed by atoms with Crippen molar-refractivity contribution >= 4 is 55.8 Å². The molecule has 1 aliphatic heterocycles. The summed E-state index contributed by atoms with van der Waals surface area (Å²) in [4.78, 5) is 20.3. The average Bonchev–Trinajstić information content (AvgIpc) is 3.52. The SMILES string of the molecule is Cc1onc(-c2ccccc2Cl)c1C(=O)N(C[C@@H]1CCCO1)c1nc2c(Cl)cccc2s1. The Balaban J connectivity index is 1.60. The summed E-state index contributed by atoms with van der Waals surface area (Å²) in [6, 6.07) is 12.9.